The molecule has 1 aromatic heterocycles. The van der Waals surface area contributed by atoms with Gasteiger partial charge in [-0.1, -0.05) is 11.6 Å². The maximum absolute atomic E-state index is 5.65. The molecule has 1 atom stereocenters. The van der Waals surface area contributed by atoms with E-state index in [1.54, 1.807) is 12.3 Å². The summed E-state index contributed by atoms with van der Waals surface area (Å²) in [6, 6.07) is 3.58. The van der Waals surface area contributed by atoms with Crippen molar-refractivity contribution in [3.05, 3.63) is 23.5 Å². The highest BCUT2D eigenvalue weighted by molar-refractivity contribution is 6.29. The van der Waals surface area contributed by atoms with Crippen molar-refractivity contribution < 1.29 is 4.74 Å². The lowest BCUT2D eigenvalue weighted by Gasteiger charge is -2.11. The van der Waals surface area contributed by atoms with Gasteiger partial charge in [0.15, 0.2) is 0 Å². The third-order valence-electron chi connectivity index (χ3n) is 2.02. The van der Waals surface area contributed by atoms with Crippen LogP contribution in [0, 0.1) is 0 Å². The molecule has 0 radical (unpaired) electrons. The fraction of sp³-hybridized carbons (Fsp3) is 0.444. The molecule has 1 saturated heterocycles. The van der Waals surface area contributed by atoms with E-state index in [0.29, 0.717) is 5.15 Å². The van der Waals surface area contributed by atoms with Crippen LogP contribution in [0.1, 0.15) is 6.42 Å². The fourth-order valence-corrected chi connectivity index (χ4v) is 1.46. The zero-order valence-corrected chi connectivity index (χ0v) is 7.92. The van der Waals surface area contributed by atoms with Crippen molar-refractivity contribution in [2.45, 2.75) is 12.5 Å². The highest BCUT2D eigenvalue weighted by Crippen LogP contribution is 2.15. The summed E-state index contributed by atoms with van der Waals surface area (Å²) >= 11 is 5.65. The molecule has 70 valence electrons. The zero-order valence-electron chi connectivity index (χ0n) is 7.16. The maximum Gasteiger partial charge on any atom is 0.138 e. The summed E-state index contributed by atoms with van der Waals surface area (Å²) in [6.07, 6.45) is 2.99. The maximum atomic E-state index is 5.65. The molecule has 0 amide bonds. The van der Waals surface area contributed by atoms with Crippen LogP contribution in [-0.4, -0.2) is 24.2 Å². The molecule has 0 bridgehead atoms. The number of aromatic nitrogens is 1. The van der Waals surface area contributed by atoms with Gasteiger partial charge in [-0.05, 0) is 25.1 Å². The number of ether oxygens (including phenoxy) is 1. The molecule has 0 spiro atoms. The Bertz CT molecular complexity index is 269. The molecule has 1 aromatic rings. The largest absolute Gasteiger partial charge is 0.487 e. The molecular weight excluding hydrogens is 188 g/mol. The van der Waals surface area contributed by atoms with Gasteiger partial charge >= 0.3 is 0 Å². The van der Waals surface area contributed by atoms with Gasteiger partial charge in [-0.3, -0.25) is 0 Å². The second-order valence-corrected chi connectivity index (χ2v) is 3.44. The molecule has 2 rings (SSSR count). The van der Waals surface area contributed by atoms with E-state index in [4.69, 9.17) is 16.3 Å². The van der Waals surface area contributed by atoms with Gasteiger partial charge in [0.1, 0.15) is 17.0 Å². The average molecular weight is 199 g/mol. The molecule has 1 aliphatic heterocycles. The minimum absolute atomic E-state index is 0.281. The predicted octanol–water partition coefficient (Wildman–Crippen LogP) is 1.48. The summed E-state index contributed by atoms with van der Waals surface area (Å²) in [5, 5.41) is 3.73. The summed E-state index contributed by atoms with van der Waals surface area (Å²) in [5.74, 6) is 0.790. The molecule has 1 aliphatic rings. The van der Waals surface area contributed by atoms with Crippen molar-refractivity contribution in [1.82, 2.24) is 10.3 Å². The Morgan fingerprint density at radius 1 is 1.54 bits per heavy atom. The van der Waals surface area contributed by atoms with E-state index < -0.39 is 0 Å². The number of nitrogens with one attached hydrogen (secondary N) is 1. The molecule has 3 nitrogen and oxygen atoms in total. The van der Waals surface area contributed by atoms with E-state index >= 15 is 0 Å². The second kappa shape index (κ2) is 3.94. The van der Waals surface area contributed by atoms with Crippen molar-refractivity contribution in [2.24, 2.45) is 0 Å². The smallest absolute Gasteiger partial charge is 0.138 e. The Kier molecular flexibility index (Phi) is 2.66. The van der Waals surface area contributed by atoms with E-state index in [2.05, 4.69) is 10.3 Å². The first-order chi connectivity index (χ1) is 6.34. The van der Waals surface area contributed by atoms with Crippen LogP contribution in [0.5, 0.6) is 5.75 Å². The first kappa shape index (κ1) is 8.78. The molecule has 0 unspecified atom stereocenters. The molecule has 0 saturated carbocycles. The van der Waals surface area contributed by atoms with Gasteiger partial charge in [0.25, 0.3) is 0 Å². The molecular formula is C9H11ClN2O. The topological polar surface area (TPSA) is 34.1 Å². The van der Waals surface area contributed by atoms with Crippen LogP contribution in [0.4, 0.5) is 0 Å². The highest BCUT2D eigenvalue weighted by atomic mass is 35.5. The third kappa shape index (κ3) is 2.32. The minimum Gasteiger partial charge on any atom is -0.487 e. The normalized spacial score (nSPS) is 21.8. The van der Waals surface area contributed by atoms with Crippen molar-refractivity contribution >= 4 is 11.6 Å². The zero-order chi connectivity index (χ0) is 9.10. The van der Waals surface area contributed by atoms with Crippen molar-refractivity contribution in [3.63, 3.8) is 0 Å². The molecule has 2 heterocycles. The van der Waals surface area contributed by atoms with Crippen LogP contribution < -0.4 is 10.1 Å². The summed E-state index contributed by atoms with van der Waals surface area (Å²) in [5.41, 5.74) is 0. The number of hydrogen-bond acceptors (Lipinski definition) is 3. The van der Waals surface area contributed by atoms with Gasteiger partial charge in [0.05, 0.1) is 6.20 Å². The molecule has 4 heteroatoms. The first-order valence-corrected chi connectivity index (χ1v) is 4.71. The van der Waals surface area contributed by atoms with Gasteiger partial charge in [-0.15, -0.1) is 0 Å². The van der Waals surface area contributed by atoms with Gasteiger partial charge in [-0.2, -0.15) is 0 Å². The summed E-state index contributed by atoms with van der Waals surface area (Å²) < 4.78 is 5.65. The quantitative estimate of drug-likeness (QED) is 0.731. The fourth-order valence-electron chi connectivity index (χ4n) is 1.35. The Balaban J connectivity index is 1.97. The van der Waals surface area contributed by atoms with Crippen LogP contribution in [0.3, 0.4) is 0 Å². The van der Waals surface area contributed by atoms with Gasteiger partial charge in [0, 0.05) is 6.54 Å². The van der Waals surface area contributed by atoms with E-state index in [1.165, 1.54) is 0 Å². The molecule has 1 N–H and O–H groups in total. The summed E-state index contributed by atoms with van der Waals surface area (Å²) in [6.45, 7) is 1.95. The predicted molar refractivity (Wildman–Crippen MR) is 51.1 cm³/mol. The van der Waals surface area contributed by atoms with Crippen LogP contribution in [0.15, 0.2) is 18.3 Å². The van der Waals surface area contributed by atoms with Crippen LogP contribution in [-0.2, 0) is 0 Å². The number of nitrogens with zero attached hydrogens (tertiary/aromatic N) is 1. The van der Waals surface area contributed by atoms with Crippen LogP contribution in [0.2, 0.25) is 5.15 Å². The van der Waals surface area contributed by atoms with Gasteiger partial charge < -0.3 is 10.1 Å². The summed E-state index contributed by atoms with van der Waals surface area (Å²) in [4.78, 5) is 3.94. The van der Waals surface area contributed by atoms with Gasteiger partial charge in [0.2, 0.25) is 0 Å². The Morgan fingerprint density at radius 2 is 2.46 bits per heavy atom. The Hall–Kier alpha value is -0.800. The lowest BCUT2D eigenvalue weighted by Crippen LogP contribution is -2.19. The standard InChI is InChI=1S/C9H11ClN2O/c10-9-2-1-7(6-12-9)13-8-3-4-11-5-8/h1-2,6,8,11H,3-5H2/t8-/m1/s1. The average Bonchev–Trinajstić information content (AvgIpc) is 2.62. The summed E-state index contributed by atoms with van der Waals surface area (Å²) in [7, 11) is 0. The van der Waals surface area contributed by atoms with E-state index in [-0.39, 0.29) is 6.10 Å². The number of pyridine rings is 1. The lowest BCUT2D eigenvalue weighted by molar-refractivity contribution is 0.222. The van der Waals surface area contributed by atoms with Gasteiger partial charge in [-0.25, -0.2) is 4.98 Å². The Labute approximate surface area is 82.1 Å². The van der Waals surface area contributed by atoms with Crippen LogP contribution in [0.25, 0.3) is 0 Å². The molecule has 13 heavy (non-hydrogen) atoms. The van der Waals surface area contributed by atoms with E-state index in [9.17, 15) is 0 Å². The first-order valence-electron chi connectivity index (χ1n) is 4.33. The van der Waals surface area contributed by atoms with E-state index in [1.807, 2.05) is 6.07 Å². The van der Waals surface area contributed by atoms with E-state index in [0.717, 1.165) is 25.3 Å². The number of hydrogen-bond donors (Lipinski definition) is 1. The Morgan fingerprint density at radius 3 is 3.08 bits per heavy atom. The number of halogens is 1. The lowest BCUT2D eigenvalue weighted by atomic mass is 10.3. The second-order valence-electron chi connectivity index (χ2n) is 3.05. The SMILES string of the molecule is Clc1ccc(O[C@@H]2CCNC2)cn1. The molecule has 1 fully saturated rings. The molecule has 0 aliphatic carbocycles. The highest BCUT2D eigenvalue weighted by Gasteiger charge is 2.15. The van der Waals surface area contributed by atoms with Crippen molar-refractivity contribution in [1.29, 1.82) is 0 Å². The number of rotatable bonds is 2. The monoisotopic (exact) mass is 198 g/mol. The van der Waals surface area contributed by atoms with Crippen molar-refractivity contribution in [2.75, 3.05) is 13.1 Å². The minimum atomic E-state index is 0.281. The molecule has 0 aromatic carbocycles. The third-order valence-corrected chi connectivity index (χ3v) is 2.24. The van der Waals surface area contributed by atoms with Crippen LogP contribution >= 0.6 is 11.6 Å². The van der Waals surface area contributed by atoms with Crippen molar-refractivity contribution in [3.8, 4) is 5.75 Å².